The van der Waals surface area contributed by atoms with E-state index >= 15 is 0 Å². The molecule has 0 bridgehead atoms. The molecule has 1 heterocycles. The third-order valence-electron chi connectivity index (χ3n) is 0.875. The molecule has 2 heteroatoms. The number of thiol groups is 1. The maximum atomic E-state index is 4.12. The van der Waals surface area contributed by atoms with E-state index in [-0.39, 0.29) is 4.75 Å². The van der Waals surface area contributed by atoms with Crippen LogP contribution < -0.4 is 0 Å². The summed E-state index contributed by atoms with van der Waals surface area (Å²) in [5.41, 5.74) is 0. The molecule has 0 unspecified atom stereocenters. The van der Waals surface area contributed by atoms with Crippen LogP contribution in [0.2, 0.25) is 0 Å². The lowest BCUT2D eigenvalue weighted by molar-refractivity contribution is 0.812. The zero-order valence-corrected chi connectivity index (χ0v) is 10.2. The quantitative estimate of drug-likeness (QED) is 0.602. The molecule has 12 heavy (non-hydrogen) atoms. The van der Waals surface area contributed by atoms with E-state index in [1.54, 1.807) is 0 Å². The molecule has 0 saturated heterocycles. The number of hydrogen-bond donors (Lipinski definition) is 1. The van der Waals surface area contributed by atoms with E-state index in [0.29, 0.717) is 0 Å². The van der Waals surface area contributed by atoms with Crippen molar-refractivity contribution in [2.45, 2.75) is 39.4 Å². The molecule has 1 aromatic rings. The number of thiophene rings is 1. The molecule has 0 aromatic carbocycles. The average Bonchev–Trinajstić information content (AvgIpc) is 2.09. The molecule has 1 aromatic heterocycles. The number of rotatable bonds is 0. The van der Waals surface area contributed by atoms with Crippen molar-refractivity contribution in [3.63, 3.8) is 0 Å². The van der Waals surface area contributed by atoms with Gasteiger partial charge in [0, 0.05) is 14.5 Å². The van der Waals surface area contributed by atoms with Crippen LogP contribution in [0.4, 0.5) is 0 Å². The van der Waals surface area contributed by atoms with Crippen molar-refractivity contribution < 1.29 is 0 Å². The molecule has 70 valence electrons. The van der Waals surface area contributed by atoms with Gasteiger partial charge in [-0.2, -0.15) is 12.6 Å². The summed E-state index contributed by atoms with van der Waals surface area (Å²) in [6, 6.07) is 4.28. The molecular weight excluding hydrogens is 184 g/mol. The maximum absolute atomic E-state index is 4.12. The Morgan fingerprint density at radius 3 is 1.42 bits per heavy atom. The minimum absolute atomic E-state index is 0.194. The topological polar surface area (TPSA) is 0 Å². The van der Waals surface area contributed by atoms with Gasteiger partial charge in [0.1, 0.15) is 0 Å². The third-order valence-corrected chi connectivity index (χ3v) is 1.79. The van der Waals surface area contributed by atoms with Gasteiger partial charge in [-0.05, 0) is 26.0 Å². The summed E-state index contributed by atoms with van der Waals surface area (Å²) in [6.07, 6.45) is 0. The van der Waals surface area contributed by atoms with Crippen molar-refractivity contribution in [1.29, 1.82) is 0 Å². The first kappa shape index (κ1) is 12.0. The second-order valence-corrected chi connectivity index (χ2v) is 6.66. The Morgan fingerprint density at radius 1 is 1.08 bits per heavy atom. The summed E-state index contributed by atoms with van der Waals surface area (Å²) in [7, 11) is 0. The normalized spacial score (nSPS) is 10.5. The molecule has 1 rings (SSSR count). The second kappa shape index (κ2) is 4.93. The minimum Gasteiger partial charge on any atom is -0.173 e. The molecule has 0 aliphatic heterocycles. The Morgan fingerprint density at radius 2 is 1.33 bits per heavy atom. The van der Waals surface area contributed by atoms with Gasteiger partial charge < -0.3 is 0 Å². The second-order valence-electron chi connectivity index (χ2n) is 3.83. The highest BCUT2D eigenvalue weighted by Crippen LogP contribution is 2.12. The van der Waals surface area contributed by atoms with Crippen molar-refractivity contribution in [2.75, 3.05) is 0 Å². The van der Waals surface area contributed by atoms with Crippen LogP contribution in [0.25, 0.3) is 0 Å². The lowest BCUT2D eigenvalue weighted by Crippen LogP contribution is -1.99. The van der Waals surface area contributed by atoms with Crippen molar-refractivity contribution in [3.8, 4) is 0 Å². The van der Waals surface area contributed by atoms with E-state index in [9.17, 15) is 0 Å². The summed E-state index contributed by atoms with van der Waals surface area (Å²) in [5, 5.41) is 0. The van der Waals surface area contributed by atoms with E-state index in [2.05, 4.69) is 59.4 Å². The van der Waals surface area contributed by atoms with Gasteiger partial charge in [0.25, 0.3) is 0 Å². The van der Waals surface area contributed by atoms with Gasteiger partial charge in [0.15, 0.2) is 0 Å². The van der Waals surface area contributed by atoms with Crippen LogP contribution in [-0.2, 0) is 0 Å². The predicted molar refractivity (Wildman–Crippen MR) is 62.5 cm³/mol. The van der Waals surface area contributed by atoms with Crippen molar-refractivity contribution in [1.82, 2.24) is 0 Å². The van der Waals surface area contributed by atoms with Crippen molar-refractivity contribution in [3.05, 3.63) is 21.9 Å². The van der Waals surface area contributed by atoms with E-state index in [0.717, 1.165) is 0 Å². The molecule has 0 aliphatic carbocycles. The van der Waals surface area contributed by atoms with E-state index in [1.165, 1.54) is 9.75 Å². The highest BCUT2D eigenvalue weighted by molar-refractivity contribution is 7.81. The lowest BCUT2D eigenvalue weighted by Gasteiger charge is -2.04. The molecule has 0 radical (unpaired) electrons. The molecule has 0 atom stereocenters. The first-order valence-electron chi connectivity index (χ1n) is 4.04. The van der Waals surface area contributed by atoms with Crippen LogP contribution in [0.5, 0.6) is 0 Å². The molecule has 0 nitrogen and oxygen atoms in total. The average molecular weight is 202 g/mol. The number of hydrogen-bond acceptors (Lipinski definition) is 2. The fourth-order valence-electron chi connectivity index (χ4n) is 0.557. The van der Waals surface area contributed by atoms with Gasteiger partial charge in [0.2, 0.25) is 0 Å². The van der Waals surface area contributed by atoms with E-state index in [4.69, 9.17) is 0 Å². The summed E-state index contributed by atoms with van der Waals surface area (Å²) >= 11 is 5.97. The largest absolute Gasteiger partial charge is 0.173 e. The fourth-order valence-corrected chi connectivity index (χ4v) is 1.34. The van der Waals surface area contributed by atoms with Crippen LogP contribution >= 0.6 is 24.0 Å². The Balaban J connectivity index is 0.000000217. The van der Waals surface area contributed by atoms with Crippen LogP contribution in [0.3, 0.4) is 0 Å². The van der Waals surface area contributed by atoms with Gasteiger partial charge in [-0.15, -0.1) is 11.3 Å². The summed E-state index contributed by atoms with van der Waals surface area (Å²) in [6.45, 7) is 10.4. The SMILES string of the molecule is CC(C)(C)S.Cc1ccc(C)s1. The first-order valence-corrected chi connectivity index (χ1v) is 5.31. The van der Waals surface area contributed by atoms with Crippen LogP contribution in [0, 0.1) is 13.8 Å². The van der Waals surface area contributed by atoms with Crippen molar-refractivity contribution in [2.24, 2.45) is 0 Å². The summed E-state index contributed by atoms with van der Waals surface area (Å²) in [4.78, 5) is 2.80. The maximum Gasteiger partial charge on any atom is 0.00449 e. The van der Waals surface area contributed by atoms with Crippen LogP contribution in [-0.4, -0.2) is 4.75 Å². The van der Waals surface area contributed by atoms with Gasteiger partial charge in [-0.25, -0.2) is 0 Å². The Labute approximate surface area is 85.4 Å². The Bertz CT molecular complexity index is 195. The van der Waals surface area contributed by atoms with Crippen LogP contribution in [0.1, 0.15) is 30.5 Å². The Kier molecular flexibility index (Phi) is 4.95. The smallest absolute Gasteiger partial charge is 0.00449 e. The molecule has 0 spiro atoms. The molecule has 0 amide bonds. The molecule has 0 aliphatic rings. The Hall–Kier alpha value is 0.0500. The van der Waals surface area contributed by atoms with Gasteiger partial charge >= 0.3 is 0 Å². The summed E-state index contributed by atoms with van der Waals surface area (Å²) in [5.74, 6) is 0. The van der Waals surface area contributed by atoms with E-state index < -0.39 is 0 Å². The van der Waals surface area contributed by atoms with Crippen molar-refractivity contribution >= 4 is 24.0 Å². The molecule has 0 fully saturated rings. The van der Waals surface area contributed by atoms with Crippen LogP contribution in [0.15, 0.2) is 12.1 Å². The highest BCUT2D eigenvalue weighted by atomic mass is 32.1. The number of aryl methyl sites for hydroxylation is 2. The first-order chi connectivity index (χ1) is 5.29. The molecule has 0 saturated carbocycles. The monoisotopic (exact) mass is 202 g/mol. The standard InChI is InChI=1S/C6H8S.C4H10S/c1-5-3-4-6(2)7-5;1-4(2,3)5/h3-4H,1-2H3;5H,1-3H3. The highest BCUT2D eigenvalue weighted by Gasteiger charge is 1.96. The summed E-state index contributed by atoms with van der Waals surface area (Å²) < 4.78 is 0.194. The van der Waals surface area contributed by atoms with Gasteiger partial charge in [-0.3, -0.25) is 0 Å². The molecular formula is C10H18S2. The predicted octanol–water partition coefficient (Wildman–Crippen LogP) is 4.08. The van der Waals surface area contributed by atoms with Gasteiger partial charge in [-0.1, -0.05) is 20.8 Å². The fraction of sp³-hybridized carbons (Fsp3) is 0.600. The zero-order chi connectivity index (χ0) is 9.78. The zero-order valence-electron chi connectivity index (χ0n) is 8.51. The third kappa shape index (κ3) is 10.0. The molecule has 0 N–H and O–H groups in total. The van der Waals surface area contributed by atoms with E-state index in [1.807, 2.05) is 11.3 Å². The van der Waals surface area contributed by atoms with Gasteiger partial charge in [0.05, 0.1) is 0 Å². The minimum atomic E-state index is 0.194. The lowest BCUT2D eigenvalue weighted by atomic mass is 10.3.